The van der Waals surface area contributed by atoms with Crippen LogP contribution >= 0.6 is 0 Å². The second kappa shape index (κ2) is 11.7. The van der Waals surface area contributed by atoms with Gasteiger partial charge in [-0.05, 0) is 31.5 Å². The van der Waals surface area contributed by atoms with E-state index in [9.17, 15) is 14.9 Å². The van der Waals surface area contributed by atoms with Gasteiger partial charge in [-0.25, -0.2) is 14.6 Å². The maximum atomic E-state index is 13.4. The number of hydrogen-bond acceptors (Lipinski definition) is 10. The van der Waals surface area contributed by atoms with Crippen LogP contribution in [0.15, 0.2) is 59.7 Å². The molecule has 192 valence electrons. The fourth-order valence-corrected chi connectivity index (χ4v) is 3.82. The van der Waals surface area contributed by atoms with E-state index >= 15 is 0 Å². The van der Waals surface area contributed by atoms with Crippen molar-refractivity contribution in [3.63, 3.8) is 0 Å². The first-order chi connectivity index (χ1) is 18.5. The van der Waals surface area contributed by atoms with Crippen molar-refractivity contribution in [3.05, 3.63) is 60.2 Å². The largest absolute Gasteiger partial charge is 0.497 e. The molecule has 11 heteroatoms. The molecule has 0 saturated carbocycles. The number of H-pyrrole nitrogens is 1. The molecule has 4 rings (SSSR count). The maximum Gasteiger partial charge on any atom is 0.369 e. The number of nitrogens with one attached hydrogen (secondary N) is 2. The van der Waals surface area contributed by atoms with Gasteiger partial charge in [0.1, 0.15) is 11.8 Å². The average Bonchev–Trinajstić information content (AvgIpc) is 3.36. The molecule has 0 fully saturated rings. The number of aromatic amines is 1. The lowest BCUT2D eigenvalue weighted by molar-refractivity contribution is -0.134. The van der Waals surface area contributed by atoms with Crippen LogP contribution in [0.2, 0.25) is 0 Å². The third-order valence-corrected chi connectivity index (χ3v) is 5.46. The van der Waals surface area contributed by atoms with Crippen LogP contribution in [0.3, 0.4) is 0 Å². The van der Waals surface area contributed by atoms with Crippen molar-refractivity contribution in [2.45, 2.75) is 13.8 Å². The Bertz CT molecular complexity index is 1540. The molecule has 11 nitrogen and oxygen atoms in total. The average molecular weight is 513 g/mol. The predicted molar refractivity (Wildman–Crippen MR) is 141 cm³/mol. The van der Waals surface area contributed by atoms with Crippen LogP contribution in [-0.2, 0) is 14.3 Å². The summed E-state index contributed by atoms with van der Waals surface area (Å²) in [5.41, 5.74) is 4.88. The Morgan fingerprint density at radius 2 is 1.74 bits per heavy atom. The summed E-state index contributed by atoms with van der Waals surface area (Å²) in [6, 6.07) is 18.0. The third-order valence-electron chi connectivity index (χ3n) is 5.46. The molecule has 0 atom stereocenters. The Balaban J connectivity index is 2.02. The van der Waals surface area contributed by atoms with Crippen LogP contribution in [0.1, 0.15) is 24.2 Å². The number of anilines is 1. The molecular weight excluding hydrogens is 488 g/mol. The van der Waals surface area contributed by atoms with Crippen LogP contribution in [0.4, 0.5) is 5.82 Å². The van der Waals surface area contributed by atoms with Gasteiger partial charge in [0, 0.05) is 11.1 Å². The number of nitrogens with zero attached hydrogens (tertiary/aromatic N) is 4. The molecule has 0 spiro atoms. The van der Waals surface area contributed by atoms with Crippen molar-refractivity contribution in [1.82, 2.24) is 15.2 Å². The molecule has 2 heterocycles. The number of carbonyl (C=O) groups is 2. The molecule has 0 radical (unpaired) electrons. The number of hydrogen-bond donors (Lipinski definition) is 2. The fraction of sp³-hybridized carbons (Fsp3) is 0.185. The van der Waals surface area contributed by atoms with Crippen LogP contribution in [0, 0.1) is 11.3 Å². The van der Waals surface area contributed by atoms with Crippen molar-refractivity contribution in [1.29, 1.82) is 5.26 Å². The highest BCUT2D eigenvalue weighted by molar-refractivity contribution is 6.43. The van der Waals surface area contributed by atoms with E-state index < -0.39 is 17.7 Å². The number of ether oxygens (including phenoxy) is 3. The Hall–Kier alpha value is -5.24. The molecule has 2 aromatic heterocycles. The molecule has 38 heavy (non-hydrogen) atoms. The number of methoxy groups -OCH3 is 1. The summed E-state index contributed by atoms with van der Waals surface area (Å²) in [5.74, 6) is -0.617. The molecule has 0 amide bonds. The summed E-state index contributed by atoms with van der Waals surface area (Å²) in [6.07, 6.45) is 0. The van der Waals surface area contributed by atoms with Crippen molar-refractivity contribution < 1.29 is 23.8 Å². The number of pyridine rings is 1. The number of rotatable bonds is 9. The standard InChI is InChI=1S/C27H24N6O5/c1-4-37-26(34)19(15-28)30-32-25-22-20(16-11-13-18(36-3)14-12-16)21(27(35)38-5-2)23(29-24(22)31-33-25)17-9-7-6-8-10-17/h6-14H,4-5H2,1-3H3,(H2,29,31,32,33)/b30-19+. The molecule has 0 bridgehead atoms. The van der Waals surface area contributed by atoms with E-state index in [2.05, 4.69) is 25.7 Å². The van der Waals surface area contributed by atoms with Crippen molar-refractivity contribution in [2.24, 2.45) is 5.10 Å². The van der Waals surface area contributed by atoms with Gasteiger partial charge in [-0.2, -0.15) is 15.5 Å². The van der Waals surface area contributed by atoms with E-state index in [1.807, 2.05) is 30.3 Å². The molecule has 4 aromatic rings. The van der Waals surface area contributed by atoms with E-state index in [4.69, 9.17) is 14.2 Å². The van der Waals surface area contributed by atoms with Crippen LogP contribution < -0.4 is 10.2 Å². The predicted octanol–water partition coefficient (Wildman–Crippen LogP) is 4.33. The first-order valence-electron chi connectivity index (χ1n) is 11.7. The summed E-state index contributed by atoms with van der Waals surface area (Å²) in [6.45, 7) is 3.58. The molecule has 0 saturated heterocycles. The minimum Gasteiger partial charge on any atom is -0.497 e. The smallest absolute Gasteiger partial charge is 0.369 e. The van der Waals surface area contributed by atoms with Gasteiger partial charge in [0.2, 0.25) is 5.71 Å². The Morgan fingerprint density at radius 3 is 2.37 bits per heavy atom. The summed E-state index contributed by atoms with van der Waals surface area (Å²) < 4.78 is 15.6. The summed E-state index contributed by atoms with van der Waals surface area (Å²) in [5, 5.41) is 20.8. The quantitative estimate of drug-likeness (QED) is 0.190. The van der Waals surface area contributed by atoms with E-state index in [0.29, 0.717) is 33.5 Å². The number of nitriles is 1. The molecule has 2 N–H and O–H groups in total. The summed E-state index contributed by atoms with van der Waals surface area (Å²) in [7, 11) is 1.56. The lowest BCUT2D eigenvalue weighted by atomic mass is 9.93. The Labute approximate surface area is 218 Å². The van der Waals surface area contributed by atoms with Gasteiger partial charge < -0.3 is 14.2 Å². The minimum atomic E-state index is -0.876. The highest BCUT2D eigenvalue weighted by Crippen LogP contribution is 2.40. The summed E-state index contributed by atoms with van der Waals surface area (Å²) >= 11 is 0. The number of hydrazone groups is 1. The lowest BCUT2D eigenvalue weighted by Crippen LogP contribution is -2.17. The van der Waals surface area contributed by atoms with Crippen LogP contribution in [0.25, 0.3) is 33.4 Å². The molecular formula is C27H24N6O5. The van der Waals surface area contributed by atoms with Crippen LogP contribution in [0.5, 0.6) is 5.75 Å². The molecule has 0 aliphatic heterocycles. The van der Waals surface area contributed by atoms with E-state index in [1.54, 1.807) is 51.3 Å². The van der Waals surface area contributed by atoms with Gasteiger partial charge in [-0.1, -0.05) is 42.5 Å². The number of benzene rings is 2. The van der Waals surface area contributed by atoms with E-state index in [0.717, 1.165) is 0 Å². The van der Waals surface area contributed by atoms with Gasteiger partial charge in [-0.15, -0.1) is 0 Å². The lowest BCUT2D eigenvalue weighted by Gasteiger charge is -2.16. The molecule has 0 aliphatic carbocycles. The fourth-order valence-electron chi connectivity index (χ4n) is 3.82. The number of aromatic nitrogens is 3. The highest BCUT2D eigenvalue weighted by Gasteiger charge is 2.27. The van der Waals surface area contributed by atoms with Crippen molar-refractivity contribution >= 4 is 34.5 Å². The minimum absolute atomic E-state index is 0.0865. The number of esters is 2. The Kier molecular flexibility index (Phi) is 7.93. The SMILES string of the molecule is CCOC(=O)/C(C#N)=N/Nc1[nH]nc2nc(-c3ccccc3)c(C(=O)OCC)c(-c3ccc(OC)cc3)c12. The van der Waals surface area contributed by atoms with Crippen molar-refractivity contribution in [3.8, 4) is 34.2 Å². The van der Waals surface area contributed by atoms with Gasteiger partial charge in [0.05, 0.1) is 37.0 Å². The van der Waals surface area contributed by atoms with Gasteiger partial charge in [0.25, 0.3) is 0 Å². The van der Waals surface area contributed by atoms with E-state index in [-0.39, 0.29) is 30.2 Å². The van der Waals surface area contributed by atoms with Gasteiger partial charge in [0.15, 0.2) is 11.5 Å². The zero-order valence-corrected chi connectivity index (χ0v) is 20.9. The molecule has 0 unspecified atom stereocenters. The van der Waals surface area contributed by atoms with E-state index in [1.165, 1.54) is 0 Å². The van der Waals surface area contributed by atoms with Crippen LogP contribution in [-0.4, -0.2) is 53.2 Å². The van der Waals surface area contributed by atoms with Crippen molar-refractivity contribution in [2.75, 3.05) is 25.7 Å². The first kappa shape index (κ1) is 25.8. The Morgan fingerprint density at radius 1 is 1.03 bits per heavy atom. The zero-order valence-electron chi connectivity index (χ0n) is 20.9. The second-order valence-corrected chi connectivity index (χ2v) is 7.73. The molecule has 2 aromatic carbocycles. The van der Waals surface area contributed by atoms with Gasteiger partial charge >= 0.3 is 11.9 Å². The normalized spacial score (nSPS) is 11.1. The zero-order chi connectivity index (χ0) is 27.1. The third kappa shape index (κ3) is 5.15. The highest BCUT2D eigenvalue weighted by atomic mass is 16.5. The number of fused-ring (bicyclic) bond motifs is 1. The summed E-state index contributed by atoms with van der Waals surface area (Å²) in [4.78, 5) is 30.2. The van der Waals surface area contributed by atoms with Gasteiger partial charge in [-0.3, -0.25) is 10.5 Å². The second-order valence-electron chi connectivity index (χ2n) is 7.73. The first-order valence-corrected chi connectivity index (χ1v) is 11.7. The maximum absolute atomic E-state index is 13.4. The monoisotopic (exact) mass is 512 g/mol. The number of carbonyl (C=O) groups excluding carboxylic acids is 2. The topological polar surface area (TPSA) is 152 Å². The molecule has 0 aliphatic rings.